The molecule has 5 atom stereocenters. The smallest absolute Gasteiger partial charge is 0.255 e. The fraction of sp³-hybridized carbons (Fsp3) is 0.514. The van der Waals surface area contributed by atoms with Crippen LogP contribution in [-0.4, -0.2) is 164 Å². The number of likely N-dealkylation sites (tertiary alicyclic amines) is 2. The van der Waals surface area contributed by atoms with Crippen LogP contribution in [0.1, 0.15) is 162 Å². The molecule has 2 aliphatic rings. The highest BCUT2D eigenvalue weighted by Crippen LogP contribution is 2.32. The van der Waals surface area contributed by atoms with Crippen LogP contribution < -0.4 is 20.1 Å². The number of nitrogens with zero attached hydrogens (tertiary/aromatic N) is 9. The van der Waals surface area contributed by atoms with E-state index in [1.807, 2.05) is 88.4 Å². The maximum Gasteiger partial charge on any atom is 0.255 e. The number of hydrogen-bond donors (Lipinski definition) is 2. The molecule has 4 heterocycles. The van der Waals surface area contributed by atoms with Crippen LogP contribution in [0.4, 0.5) is 0 Å². The second-order valence-corrected chi connectivity index (χ2v) is 27.1. The lowest BCUT2D eigenvalue weighted by atomic mass is 9.92. The zero-order chi connectivity index (χ0) is 67.8. The Bertz CT molecular complexity index is 3560. The summed E-state index contributed by atoms with van der Waals surface area (Å²) >= 11 is 0. The van der Waals surface area contributed by atoms with E-state index in [9.17, 15) is 33.6 Å². The first-order chi connectivity index (χ1) is 44.9. The molecule has 8 rings (SSSR count). The Labute approximate surface area is 552 Å². The fourth-order valence-electron chi connectivity index (χ4n) is 12.0. The highest BCUT2D eigenvalue weighted by Gasteiger charge is 2.43. The van der Waals surface area contributed by atoms with E-state index >= 15 is 0 Å². The molecule has 0 saturated carbocycles. The maximum absolute atomic E-state index is 14.8. The van der Waals surface area contributed by atoms with Crippen molar-refractivity contribution in [3.05, 3.63) is 143 Å². The molecule has 2 saturated heterocycles. The molecule has 2 N–H and O–H groups in total. The van der Waals surface area contributed by atoms with E-state index in [4.69, 9.17) is 18.5 Å². The predicted molar refractivity (Wildman–Crippen MR) is 355 cm³/mol. The number of nitrogens with one attached hydrogen (secondary N) is 2. The molecule has 22 nitrogen and oxygen atoms in total. The number of aryl methyl sites for hydroxylation is 1. The summed E-state index contributed by atoms with van der Waals surface area (Å²) in [5, 5.41) is 14.2. The number of unbranched alkanes of at least 4 members (excludes halogenated alkanes) is 1. The number of benzene rings is 4. The highest BCUT2D eigenvalue weighted by atomic mass is 16.5. The predicted octanol–water partition coefficient (Wildman–Crippen LogP) is 9.34. The van der Waals surface area contributed by atoms with Gasteiger partial charge in [0, 0.05) is 67.1 Å². The number of ether oxygens (including phenoxy) is 2. The molecule has 7 amide bonds. The summed E-state index contributed by atoms with van der Waals surface area (Å²) in [5.74, 6) is -0.415. The van der Waals surface area contributed by atoms with Gasteiger partial charge in [-0.15, -0.1) is 0 Å². The Morgan fingerprint density at radius 2 is 1.17 bits per heavy atom. The second kappa shape index (κ2) is 32.7. The van der Waals surface area contributed by atoms with Crippen LogP contribution in [-0.2, 0) is 62.9 Å². The third-order valence-corrected chi connectivity index (χ3v) is 17.0. The van der Waals surface area contributed by atoms with Gasteiger partial charge in [0.25, 0.3) is 11.8 Å². The van der Waals surface area contributed by atoms with Crippen LogP contribution >= 0.6 is 0 Å². The molecule has 4 aromatic carbocycles. The minimum atomic E-state index is -1.01. The second-order valence-electron chi connectivity index (χ2n) is 27.1. The molecule has 504 valence electrons. The first-order valence-electron chi connectivity index (χ1n) is 33.1. The maximum atomic E-state index is 14.8. The third kappa shape index (κ3) is 19.1. The Kier molecular flexibility index (Phi) is 24.7. The quantitative estimate of drug-likeness (QED) is 0.0426. The highest BCUT2D eigenvalue weighted by molar-refractivity contribution is 6.02. The van der Waals surface area contributed by atoms with Crippen molar-refractivity contribution in [2.24, 2.45) is 17.3 Å². The SMILES string of the molecule is CCCCc1nc(COc2ccccc2C(=O)N[C@H](CC(C)C)C(=O)N2CCC[C@@H]2C(=O)N(C)CCc2cccc(-c3ccc(C(=O)N[C@H](CC(C)C)C(=O)N4CCC[C@@H]4C(=O)N(C)[C@@H](Cc4ccccc4)C(=O)N(C)C)c(OCc4noc(CC(C)(C)C)n4)c3)c2)no1. The molecule has 0 radical (unpaired) electrons. The van der Waals surface area contributed by atoms with E-state index in [0.717, 1.165) is 29.5 Å². The minimum absolute atomic E-state index is 0.0134. The summed E-state index contributed by atoms with van der Waals surface area (Å²) in [6.07, 6.45) is 6.58. The molecule has 0 spiro atoms. The van der Waals surface area contributed by atoms with E-state index in [1.54, 1.807) is 79.3 Å². The fourth-order valence-corrected chi connectivity index (χ4v) is 12.0. The van der Waals surface area contributed by atoms with Crippen molar-refractivity contribution in [1.82, 2.24) is 55.4 Å². The summed E-state index contributed by atoms with van der Waals surface area (Å²) in [7, 11) is 6.67. The summed E-state index contributed by atoms with van der Waals surface area (Å²) in [6.45, 7) is 17.0. The van der Waals surface area contributed by atoms with Gasteiger partial charge in [0.05, 0.1) is 11.1 Å². The van der Waals surface area contributed by atoms with Gasteiger partial charge in [0.15, 0.2) is 13.2 Å². The molecule has 0 bridgehead atoms. The van der Waals surface area contributed by atoms with Gasteiger partial charge in [0.2, 0.25) is 53.0 Å². The van der Waals surface area contributed by atoms with Crippen molar-refractivity contribution in [3.63, 3.8) is 0 Å². The molecule has 0 unspecified atom stereocenters. The van der Waals surface area contributed by atoms with Gasteiger partial charge in [-0.1, -0.05) is 145 Å². The van der Waals surface area contributed by atoms with Crippen molar-refractivity contribution in [1.29, 1.82) is 0 Å². The Morgan fingerprint density at radius 3 is 1.77 bits per heavy atom. The first kappa shape index (κ1) is 70.9. The normalized spacial score (nSPS) is 15.8. The molecular formula is C72H95N11O11. The van der Waals surface area contributed by atoms with Crippen molar-refractivity contribution in [2.45, 2.75) is 176 Å². The van der Waals surface area contributed by atoms with Gasteiger partial charge in [-0.2, -0.15) is 9.97 Å². The number of amides is 7. The minimum Gasteiger partial charge on any atom is -0.485 e. The van der Waals surface area contributed by atoms with E-state index in [1.165, 1.54) is 9.80 Å². The Balaban J connectivity index is 0.957. The third-order valence-electron chi connectivity index (χ3n) is 17.0. The van der Waals surface area contributed by atoms with E-state index < -0.39 is 47.9 Å². The number of rotatable bonds is 30. The van der Waals surface area contributed by atoms with Crippen molar-refractivity contribution >= 4 is 41.4 Å². The first-order valence-corrected chi connectivity index (χ1v) is 33.1. The average molecular weight is 1290 g/mol. The lowest BCUT2D eigenvalue weighted by Gasteiger charge is -2.35. The van der Waals surface area contributed by atoms with Crippen LogP contribution in [0.3, 0.4) is 0 Å². The van der Waals surface area contributed by atoms with Crippen LogP contribution in [0.2, 0.25) is 0 Å². The summed E-state index contributed by atoms with van der Waals surface area (Å²) in [4.78, 5) is 118. The van der Waals surface area contributed by atoms with E-state index in [0.29, 0.717) is 106 Å². The van der Waals surface area contributed by atoms with Crippen molar-refractivity contribution in [2.75, 3.05) is 47.8 Å². The number of hydrogen-bond acceptors (Lipinski definition) is 15. The van der Waals surface area contributed by atoms with Gasteiger partial charge in [-0.05, 0) is 115 Å². The van der Waals surface area contributed by atoms with E-state index in [2.05, 4.69) is 58.6 Å². The van der Waals surface area contributed by atoms with Gasteiger partial charge in [0.1, 0.15) is 41.7 Å². The average Bonchev–Trinajstić information content (AvgIpc) is 1.48. The Hall–Kier alpha value is -8.95. The number of carbonyl (C=O) groups is 7. The topological polar surface area (TPSA) is 256 Å². The molecular weight excluding hydrogens is 1190 g/mol. The Morgan fingerprint density at radius 1 is 0.628 bits per heavy atom. The molecule has 0 aliphatic carbocycles. The number of aromatic nitrogens is 4. The van der Waals surface area contributed by atoms with Crippen molar-refractivity contribution < 1.29 is 52.1 Å². The summed E-state index contributed by atoms with van der Waals surface area (Å²) in [5.41, 5.74) is 3.62. The number of likely N-dealkylation sites (N-methyl/N-ethyl adjacent to an activating group) is 3. The zero-order valence-corrected chi connectivity index (χ0v) is 56.8. The molecule has 6 aromatic rings. The number of carbonyl (C=O) groups excluding carboxylic acids is 7. The molecule has 2 aliphatic heterocycles. The van der Waals surface area contributed by atoms with Crippen LogP contribution in [0.5, 0.6) is 11.5 Å². The standard InChI is InChI=1S/C72H95N11O11/c1-13-14-31-63-75-61(77-93-63)44-91-59-30-19-18-27-52(59)65(84)73-54(38-46(2)3)67(86)82-35-21-28-56(82)70(89)80(11)37-34-49-25-20-26-50(40-49)51-32-33-53(60(42-51)92-45-62-76-64(94-78-62)43-72(6,7)8)66(85)74-55(39-47(4)5)68(87)83-36-22-29-57(83)71(90)81(12)58(69(88)79(9)10)41-48-23-16-15-17-24-48/h15-20,23-27,30,32-33,40,42,46-47,54-58H,13-14,21-22,28-29,31,34-39,41,43-45H2,1-12H3,(H,73,84)(H,74,85)/t54-,55-,56-,57-,58+/m1/s1. The van der Waals surface area contributed by atoms with E-state index in [-0.39, 0.29) is 83.2 Å². The van der Waals surface area contributed by atoms with Gasteiger partial charge in [-0.3, -0.25) is 33.6 Å². The largest absolute Gasteiger partial charge is 0.485 e. The van der Waals surface area contributed by atoms with Crippen LogP contribution in [0.15, 0.2) is 106 Å². The lowest BCUT2D eigenvalue weighted by Crippen LogP contribution is -2.57. The molecule has 2 aromatic heterocycles. The summed E-state index contributed by atoms with van der Waals surface area (Å²) < 4.78 is 23.4. The van der Waals surface area contributed by atoms with Crippen LogP contribution in [0, 0.1) is 17.3 Å². The molecule has 22 heteroatoms. The molecule has 94 heavy (non-hydrogen) atoms. The zero-order valence-electron chi connectivity index (χ0n) is 56.8. The number of para-hydroxylation sites is 1. The van der Waals surface area contributed by atoms with Crippen LogP contribution in [0.25, 0.3) is 11.1 Å². The van der Waals surface area contributed by atoms with Gasteiger partial charge < -0.3 is 53.7 Å². The monoisotopic (exact) mass is 1290 g/mol. The summed E-state index contributed by atoms with van der Waals surface area (Å²) in [6, 6.07) is 25.1. The molecule has 2 fully saturated rings. The van der Waals surface area contributed by atoms with Gasteiger partial charge >= 0.3 is 0 Å². The van der Waals surface area contributed by atoms with Crippen molar-refractivity contribution in [3.8, 4) is 22.6 Å². The lowest BCUT2D eigenvalue weighted by molar-refractivity contribution is -0.149. The van der Waals surface area contributed by atoms with Gasteiger partial charge in [-0.25, -0.2) is 0 Å².